The van der Waals surface area contributed by atoms with Gasteiger partial charge in [0.15, 0.2) is 5.82 Å². The molecule has 0 spiro atoms. The van der Waals surface area contributed by atoms with Crippen molar-refractivity contribution in [3.8, 4) is 0 Å². The molecule has 4 aromatic rings. The van der Waals surface area contributed by atoms with Gasteiger partial charge < -0.3 is 14.5 Å². The molecule has 34 heavy (non-hydrogen) atoms. The third kappa shape index (κ3) is 4.95. The van der Waals surface area contributed by atoms with E-state index in [1.807, 2.05) is 38.1 Å². The van der Waals surface area contributed by atoms with Crippen LogP contribution in [0.1, 0.15) is 54.6 Å². The Kier molecular flexibility index (Phi) is 7.23. The van der Waals surface area contributed by atoms with E-state index >= 15 is 0 Å². The minimum absolute atomic E-state index is 0.0607. The van der Waals surface area contributed by atoms with Crippen LogP contribution in [0.4, 0.5) is 0 Å². The summed E-state index contributed by atoms with van der Waals surface area (Å²) in [6.45, 7) is 9.77. The Hall–Kier alpha value is -3.30. The fourth-order valence-electron chi connectivity index (χ4n) is 4.47. The van der Waals surface area contributed by atoms with E-state index < -0.39 is 0 Å². The highest BCUT2D eigenvalue weighted by Gasteiger charge is 2.30. The summed E-state index contributed by atoms with van der Waals surface area (Å²) in [6.07, 6.45) is 2.20. The standard InChI is InChI=1S/C25H32N6O3/c1-16(2)23(24-27-28-29-31(24)15-21-7-5-12-34-21)30(10-6-11-32)14-20-13-19-9-8-17(3)18(4)22(19)26-25(20)33/h5,7-9,12-13,16,23,32H,6,10-11,14-15H2,1-4H3,(H,26,33)/t23-/m0/s1. The highest BCUT2D eigenvalue weighted by molar-refractivity contribution is 5.83. The summed E-state index contributed by atoms with van der Waals surface area (Å²) in [5.74, 6) is 1.62. The zero-order valence-electron chi connectivity index (χ0n) is 20.2. The van der Waals surface area contributed by atoms with Gasteiger partial charge in [-0.3, -0.25) is 9.69 Å². The number of hydrogen-bond donors (Lipinski definition) is 2. The number of nitrogens with zero attached hydrogens (tertiary/aromatic N) is 5. The van der Waals surface area contributed by atoms with Crippen molar-refractivity contribution in [1.82, 2.24) is 30.1 Å². The number of fused-ring (bicyclic) bond motifs is 1. The Morgan fingerprint density at radius 2 is 2.06 bits per heavy atom. The number of aliphatic hydroxyl groups is 1. The summed E-state index contributed by atoms with van der Waals surface area (Å²) in [5.41, 5.74) is 3.66. The van der Waals surface area contributed by atoms with Gasteiger partial charge in [-0.1, -0.05) is 26.0 Å². The number of rotatable bonds is 10. The molecule has 0 aliphatic heterocycles. The number of nitrogens with one attached hydrogen (secondary N) is 1. The van der Waals surface area contributed by atoms with Crippen LogP contribution in [0.5, 0.6) is 0 Å². The number of furan rings is 1. The number of hydrogen-bond acceptors (Lipinski definition) is 7. The average Bonchev–Trinajstić information content (AvgIpc) is 3.48. The number of aliphatic hydroxyl groups excluding tert-OH is 1. The molecule has 2 N–H and O–H groups in total. The summed E-state index contributed by atoms with van der Waals surface area (Å²) in [6, 6.07) is 9.64. The second kappa shape index (κ2) is 10.3. The molecule has 3 aromatic heterocycles. The Morgan fingerprint density at radius 1 is 1.24 bits per heavy atom. The van der Waals surface area contributed by atoms with E-state index in [4.69, 9.17) is 4.42 Å². The first-order chi connectivity index (χ1) is 16.4. The molecule has 0 saturated carbocycles. The molecule has 0 saturated heterocycles. The fourth-order valence-corrected chi connectivity index (χ4v) is 4.47. The summed E-state index contributed by atoms with van der Waals surface area (Å²) >= 11 is 0. The quantitative estimate of drug-likeness (QED) is 0.370. The zero-order chi connectivity index (χ0) is 24.2. The average molecular weight is 465 g/mol. The van der Waals surface area contributed by atoms with Crippen LogP contribution < -0.4 is 5.56 Å². The van der Waals surface area contributed by atoms with Crippen molar-refractivity contribution in [3.63, 3.8) is 0 Å². The molecule has 0 fully saturated rings. The summed E-state index contributed by atoms with van der Waals surface area (Å²) in [7, 11) is 0. The van der Waals surface area contributed by atoms with Crippen molar-refractivity contribution in [2.45, 2.75) is 53.2 Å². The number of pyridine rings is 1. The number of H-pyrrole nitrogens is 1. The van der Waals surface area contributed by atoms with Gasteiger partial charge >= 0.3 is 0 Å². The lowest BCUT2D eigenvalue weighted by Gasteiger charge is -2.33. The lowest BCUT2D eigenvalue weighted by atomic mass is 9.99. The third-order valence-electron chi connectivity index (χ3n) is 6.34. The van der Waals surface area contributed by atoms with Gasteiger partial charge in [-0.05, 0) is 71.3 Å². The SMILES string of the molecule is Cc1ccc2cc(CN(CCCO)[C@H](c3nnnn3Cc3ccco3)C(C)C)c(=O)[nH]c2c1C. The van der Waals surface area contributed by atoms with Crippen molar-refractivity contribution in [2.24, 2.45) is 5.92 Å². The largest absolute Gasteiger partial charge is 0.467 e. The molecule has 0 radical (unpaired) electrons. The van der Waals surface area contributed by atoms with Crippen molar-refractivity contribution < 1.29 is 9.52 Å². The van der Waals surface area contributed by atoms with Gasteiger partial charge in [-0.15, -0.1) is 5.10 Å². The molecule has 0 amide bonds. The molecule has 9 heteroatoms. The molecule has 1 aromatic carbocycles. The van der Waals surface area contributed by atoms with E-state index in [2.05, 4.69) is 45.3 Å². The molecule has 0 unspecified atom stereocenters. The Labute approximate surface area is 198 Å². The van der Waals surface area contributed by atoms with Gasteiger partial charge in [0.1, 0.15) is 12.3 Å². The number of benzene rings is 1. The number of aromatic amines is 1. The van der Waals surface area contributed by atoms with Crippen LogP contribution in [-0.2, 0) is 13.1 Å². The highest BCUT2D eigenvalue weighted by atomic mass is 16.3. The zero-order valence-corrected chi connectivity index (χ0v) is 20.2. The van der Waals surface area contributed by atoms with E-state index in [9.17, 15) is 9.90 Å². The number of tetrazole rings is 1. The van der Waals surface area contributed by atoms with Gasteiger partial charge in [-0.2, -0.15) is 0 Å². The highest BCUT2D eigenvalue weighted by Crippen LogP contribution is 2.29. The Morgan fingerprint density at radius 3 is 2.76 bits per heavy atom. The maximum Gasteiger partial charge on any atom is 0.252 e. The topological polar surface area (TPSA) is 113 Å². The maximum absolute atomic E-state index is 13.1. The van der Waals surface area contributed by atoms with Crippen molar-refractivity contribution >= 4 is 10.9 Å². The van der Waals surface area contributed by atoms with Gasteiger partial charge in [0.2, 0.25) is 0 Å². The Balaban J connectivity index is 1.71. The summed E-state index contributed by atoms with van der Waals surface area (Å²) < 4.78 is 7.23. The van der Waals surface area contributed by atoms with Gasteiger partial charge in [-0.25, -0.2) is 4.68 Å². The molecule has 4 rings (SSSR count). The number of aromatic nitrogens is 5. The van der Waals surface area contributed by atoms with Crippen LogP contribution >= 0.6 is 0 Å². The minimum Gasteiger partial charge on any atom is -0.467 e. The predicted molar refractivity (Wildman–Crippen MR) is 129 cm³/mol. The molecule has 0 aliphatic rings. The van der Waals surface area contributed by atoms with Crippen molar-refractivity contribution in [1.29, 1.82) is 0 Å². The summed E-state index contributed by atoms with van der Waals surface area (Å²) in [5, 5.41) is 23.0. The van der Waals surface area contributed by atoms with E-state index in [0.717, 1.165) is 27.8 Å². The first kappa shape index (κ1) is 23.8. The molecule has 3 heterocycles. The third-order valence-corrected chi connectivity index (χ3v) is 6.34. The van der Waals surface area contributed by atoms with Crippen molar-refractivity contribution in [2.75, 3.05) is 13.2 Å². The molecular weight excluding hydrogens is 432 g/mol. The normalized spacial score (nSPS) is 12.8. The van der Waals surface area contributed by atoms with Gasteiger partial charge in [0.05, 0.1) is 17.8 Å². The van der Waals surface area contributed by atoms with Crippen LogP contribution in [0.3, 0.4) is 0 Å². The molecule has 9 nitrogen and oxygen atoms in total. The van der Waals surface area contributed by atoms with E-state index in [1.54, 1.807) is 10.9 Å². The lowest BCUT2D eigenvalue weighted by molar-refractivity contribution is 0.122. The lowest BCUT2D eigenvalue weighted by Crippen LogP contribution is -2.36. The van der Waals surface area contributed by atoms with Gasteiger partial charge in [0.25, 0.3) is 5.56 Å². The first-order valence-electron chi connectivity index (χ1n) is 11.6. The maximum atomic E-state index is 13.1. The summed E-state index contributed by atoms with van der Waals surface area (Å²) in [4.78, 5) is 18.3. The molecule has 180 valence electrons. The van der Waals surface area contributed by atoms with Gasteiger partial charge in [0, 0.05) is 25.3 Å². The number of aryl methyl sites for hydroxylation is 2. The second-order valence-corrected chi connectivity index (χ2v) is 9.11. The van der Waals surface area contributed by atoms with Crippen LogP contribution in [-0.4, -0.2) is 48.3 Å². The minimum atomic E-state index is -0.161. The Bertz CT molecular complexity index is 1290. The molecular formula is C25H32N6O3. The molecule has 1 atom stereocenters. The van der Waals surface area contributed by atoms with Crippen LogP contribution in [0.15, 0.2) is 45.8 Å². The van der Waals surface area contributed by atoms with Crippen LogP contribution in [0.25, 0.3) is 10.9 Å². The fraction of sp³-hybridized carbons (Fsp3) is 0.440. The molecule has 0 aliphatic carbocycles. The monoisotopic (exact) mass is 464 g/mol. The smallest absolute Gasteiger partial charge is 0.252 e. The van der Waals surface area contributed by atoms with E-state index in [-0.39, 0.29) is 24.1 Å². The van der Waals surface area contributed by atoms with E-state index in [1.165, 1.54) is 0 Å². The van der Waals surface area contributed by atoms with Crippen molar-refractivity contribution in [3.05, 3.63) is 75.2 Å². The van der Waals surface area contributed by atoms with E-state index in [0.29, 0.717) is 37.4 Å². The van der Waals surface area contributed by atoms with Crippen LogP contribution in [0.2, 0.25) is 0 Å². The van der Waals surface area contributed by atoms with Crippen LogP contribution in [0, 0.1) is 19.8 Å². The second-order valence-electron chi connectivity index (χ2n) is 9.11. The predicted octanol–water partition coefficient (Wildman–Crippen LogP) is 3.35. The first-order valence-corrected chi connectivity index (χ1v) is 11.6. The molecule has 0 bridgehead atoms.